The van der Waals surface area contributed by atoms with Crippen molar-refractivity contribution in [1.29, 1.82) is 0 Å². The maximum atomic E-state index is 13.4. The zero-order valence-electron chi connectivity index (χ0n) is 9.21. The van der Waals surface area contributed by atoms with Crippen molar-refractivity contribution in [2.24, 2.45) is 10.9 Å². The average molecular weight is 225 g/mol. The maximum absolute atomic E-state index is 13.4. The lowest BCUT2D eigenvalue weighted by atomic mass is 10.1. The zero-order valence-corrected chi connectivity index (χ0v) is 9.21. The number of hydrogen-bond acceptors (Lipinski definition) is 2. The highest BCUT2D eigenvalue weighted by molar-refractivity contribution is 5.95. The normalized spacial score (nSPS) is 19.8. The Kier molecular flexibility index (Phi) is 2.90. The van der Waals surface area contributed by atoms with Crippen LogP contribution in [0, 0.1) is 17.6 Å². The van der Waals surface area contributed by atoms with E-state index in [0.717, 1.165) is 0 Å². The van der Waals surface area contributed by atoms with E-state index in [4.69, 9.17) is 4.74 Å². The van der Waals surface area contributed by atoms with E-state index in [1.807, 2.05) is 13.8 Å². The van der Waals surface area contributed by atoms with Crippen LogP contribution >= 0.6 is 0 Å². The summed E-state index contributed by atoms with van der Waals surface area (Å²) in [6, 6.07) is 3.71. The van der Waals surface area contributed by atoms with Crippen LogP contribution in [0.1, 0.15) is 19.4 Å². The van der Waals surface area contributed by atoms with Crippen molar-refractivity contribution < 1.29 is 13.5 Å². The van der Waals surface area contributed by atoms with Crippen molar-refractivity contribution in [3.63, 3.8) is 0 Å². The molecule has 0 unspecified atom stereocenters. The molecule has 0 saturated heterocycles. The molecule has 86 valence electrons. The van der Waals surface area contributed by atoms with Gasteiger partial charge in [-0.25, -0.2) is 13.8 Å². The van der Waals surface area contributed by atoms with Gasteiger partial charge in [0.1, 0.15) is 23.8 Å². The van der Waals surface area contributed by atoms with Crippen LogP contribution in [0.25, 0.3) is 0 Å². The highest BCUT2D eigenvalue weighted by atomic mass is 19.1. The molecule has 1 aromatic carbocycles. The first kappa shape index (κ1) is 11.0. The monoisotopic (exact) mass is 225 g/mol. The summed E-state index contributed by atoms with van der Waals surface area (Å²) >= 11 is 0. The molecule has 2 nitrogen and oxygen atoms in total. The molecule has 0 spiro atoms. The number of nitrogens with zero attached hydrogens (tertiary/aromatic N) is 1. The van der Waals surface area contributed by atoms with Gasteiger partial charge >= 0.3 is 0 Å². The Balaban J connectivity index is 2.36. The lowest BCUT2D eigenvalue weighted by Gasteiger charge is -2.06. The number of benzene rings is 1. The SMILES string of the molecule is CC(C)[C@H]1COC(c2c(F)cccc2F)=N1. The minimum atomic E-state index is -0.636. The molecule has 1 heterocycles. The minimum Gasteiger partial charge on any atom is -0.475 e. The Labute approximate surface area is 93.0 Å². The van der Waals surface area contributed by atoms with Crippen LogP contribution < -0.4 is 0 Å². The van der Waals surface area contributed by atoms with Crippen molar-refractivity contribution in [3.05, 3.63) is 35.4 Å². The highest BCUT2D eigenvalue weighted by Crippen LogP contribution is 2.21. The molecular weight excluding hydrogens is 212 g/mol. The van der Waals surface area contributed by atoms with Crippen LogP contribution in [0.2, 0.25) is 0 Å². The number of hydrogen-bond donors (Lipinski definition) is 0. The second-order valence-electron chi connectivity index (χ2n) is 4.15. The molecule has 16 heavy (non-hydrogen) atoms. The second-order valence-corrected chi connectivity index (χ2v) is 4.15. The van der Waals surface area contributed by atoms with Crippen molar-refractivity contribution >= 4 is 5.90 Å². The van der Waals surface area contributed by atoms with Gasteiger partial charge in [-0.05, 0) is 18.1 Å². The Morgan fingerprint density at radius 3 is 2.44 bits per heavy atom. The van der Waals surface area contributed by atoms with E-state index in [9.17, 15) is 8.78 Å². The third kappa shape index (κ3) is 1.92. The van der Waals surface area contributed by atoms with Gasteiger partial charge in [0.15, 0.2) is 0 Å². The largest absolute Gasteiger partial charge is 0.475 e. The number of aliphatic imine (C=N–C) groups is 1. The van der Waals surface area contributed by atoms with Gasteiger partial charge < -0.3 is 4.74 Å². The van der Waals surface area contributed by atoms with Crippen LogP contribution in [-0.4, -0.2) is 18.5 Å². The predicted molar refractivity (Wildman–Crippen MR) is 57.5 cm³/mol. The predicted octanol–water partition coefficient (Wildman–Crippen LogP) is 2.77. The van der Waals surface area contributed by atoms with E-state index in [2.05, 4.69) is 4.99 Å². The fourth-order valence-electron chi connectivity index (χ4n) is 1.57. The maximum Gasteiger partial charge on any atom is 0.222 e. The Morgan fingerprint density at radius 1 is 1.31 bits per heavy atom. The molecular formula is C12H13F2NO. The molecule has 0 aromatic heterocycles. The van der Waals surface area contributed by atoms with Gasteiger partial charge in [-0.2, -0.15) is 0 Å². The molecule has 0 saturated carbocycles. The summed E-state index contributed by atoms with van der Waals surface area (Å²) in [5.74, 6) is -0.895. The van der Waals surface area contributed by atoms with Crippen LogP contribution in [0.15, 0.2) is 23.2 Å². The highest BCUT2D eigenvalue weighted by Gasteiger charge is 2.26. The van der Waals surface area contributed by atoms with Gasteiger partial charge in [0, 0.05) is 0 Å². The summed E-state index contributed by atoms with van der Waals surface area (Å²) in [5.41, 5.74) is -0.161. The lowest BCUT2D eigenvalue weighted by Crippen LogP contribution is -2.13. The first-order valence-electron chi connectivity index (χ1n) is 5.24. The Bertz CT molecular complexity index is 409. The van der Waals surface area contributed by atoms with E-state index < -0.39 is 11.6 Å². The molecule has 0 N–H and O–H groups in total. The molecule has 1 aliphatic heterocycles. The van der Waals surface area contributed by atoms with E-state index in [0.29, 0.717) is 12.5 Å². The second kappa shape index (κ2) is 4.20. The van der Waals surface area contributed by atoms with Crippen LogP contribution in [-0.2, 0) is 4.74 Å². The van der Waals surface area contributed by atoms with Gasteiger partial charge in [-0.1, -0.05) is 19.9 Å². The number of rotatable bonds is 2. The standard InChI is InChI=1S/C12H13F2NO/c1-7(2)10-6-16-12(15-10)11-8(13)4-3-5-9(11)14/h3-5,7,10H,6H2,1-2H3/t10-/m1/s1. The van der Waals surface area contributed by atoms with Crippen molar-refractivity contribution in [3.8, 4) is 0 Å². The van der Waals surface area contributed by atoms with E-state index in [-0.39, 0.29) is 17.5 Å². The number of halogens is 2. The molecule has 0 fully saturated rings. The van der Waals surface area contributed by atoms with Crippen LogP contribution in [0.4, 0.5) is 8.78 Å². The third-order valence-corrected chi connectivity index (χ3v) is 2.62. The summed E-state index contributed by atoms with van der Waals surface area (Å²) in [6.45, 7) is 4.39. The van der Waals surface area contributed by atoms with E-state index in [1.54, 1.807) is 0 Å². The molecule has 0 radical (unpaired) electrons. The van der Waals surface area contributed by atoms with Crippen LogP contribution in [0.5, 0.6) is 0 Å². The van der Waals surface area contributed by atoms with E-state index in [1.165, 1.54) is 18.2 Å². The van der Waals surface area contributed by atoms with Gasteiger partial charge in [0.2, 0.25) is 5.90 Å². The molecule has 1 atom stereocenters. The molecule has 2 rings (SSSR count). The Morgan fingerprint density at radius 2 is 1.94 bits per heavy atom. The smallest absolute Gasteiger partial charge is 0.222 e. The Hall–Kier alpha value is -1.45. The van der Waals surface area contributed by atoms with Gasteiger partial charge in [0.25, 0.3) is 0 Å². The molecule has 1 aromatic rings. The first-order valence-corrected chi connectivity index (χ1v) is 5.24. The molecule has 0 bridgehead atoms. The summed E-state index contributed by atoms with van der Waals surface area (Å²) in [4.78, 5) is 4.19. The molecule has 4 heteroatoms. The van der Waals surface area contributed by atoms with E-state index >= 15 is 0 Å². The molecule has 1 aliphatic rings. The minimum absolute atomic E-state index is 0.0194. The van der Waals surface area contributed by atoms with Crippen molar-refractivity contribution in [1.82, 2.24) is 0 Å². The topological polar surface area (TPSA) is 21.6 Å². The van der Waals surface area contributed by atoms with Crippen LogP contribution in [0.3, 0.4) is 0 Å². The summed E-state index contributed by atoms with van der Waals surface area (Å²) < 4.78 is 32.1. The lowest BCUT2D eigenvalue weighted by molar-refractivity contribution is 0.290. The quantitative estimate of drug-likeness (QED) is 0.758. The van der Waals surface area contributed by atoms with Gasteiger partial charge in [-0.3, -0.25) is 0 Å². The van der Waals surface area contributed by atoms with Gasteiger partial charge in [0.05, 0.1) is 6.04 Å². The van der Waals surface area contributed by atoms with Crippen molar-refractivity contribution in [2.75, 3.05) is 6.61 Å². The summed E-state index contributed by atoms with van der Waals surface area (Å²) in [6.07, 6.45) is 0. The van der Waals surface area contributed by atoms with Gasteiger partial charge in [-0.15, -0.1) is 0 Å². The van der Waals surface area contributed by atoms with Crippen molar-refractivity contribution in [2.45, 2.75) is 19.9 Å². The summed E-state index contributed by atoms with van der Waals surface area (Å²) in [7, 11) is 0. The first-order chi connectivity index (χ1) is 7.59. The third-order valence-electron chi connectivity index (χ3n) is 2.62. The molecule has 0 amide bonds. The summed E-state index contributed by atoms with van der Waals surface area (Å²) in [5, 5.41) is 0. The molecule has 0 aliphatic carbocycles. The fourth-order valence-corrected chi connectivity index (χ4v) is 1.57. The number of ether oxygens (including phenoxy) is 1. The average Bonchev–Trinajstić information content (AvgIpc) is 2.66. The fraction of sp³-hybridized carbons (Fsp3) is 0.417. The zero-order chi connectivity index (χ0) is 11.7.